The minimum Gasteiger partial charge on any atom is -0.504 e. The predicted octanol–water partition coefficient (Wildman–Crippen LogP) is -2.01. The molecule has 0 amide bonds. The number of phenolic OH excluding ortho intramolecular Hbond substituents is 1. The average molecular weight is 512 g/mol. The number of hydrogen-bond donors (Lipinski definition) is 6. The average Bonchev–Trinajstić information content (AvgIpc) is 3.56. The number of methoxy groups -OCH3 is 1. The van der Waals surface area contributed by atoms with Crippen molar-refractivity contribution in [2.45, 2.75) is 54.8 Å². The zero-order valence-corrected chi connectivity index (χ0v) is 19.1. The maximum absolute atomic E-state index is 12.9. The van der Waals surface area contributed by atoms with E-state index in [9.17, 15) is 35.4 Å². The van der Waals surface area contributed by atoms with Crippen molar-refractivity contribution < 1.29 is 63.9 Å². The highest BCUT2D eigenvalue weighted by Gasteiger charge is 2.77. The molecule has 0 bridgehead atoms. The number of phenols is 1. The molecule has 3 heterocycles. The van der Waals surface area contributed by atoms with Gasteiger partial charge in [0.2, 0.25) is 6.29 Å². The van der Waals surface area contributed by atoms with Gasteiger partial charge in [-0.25, -0.2) is 4.79 Å². The maximum Gasteiger partial charge on any atom is 0.338 e. The van der Waals surface area contributed by atoms with E-state index in [-0.39, 0.29) is 17.1 Å². The molecule has 4 aliphatic rings. The molecule has 0 unspecified atom stereocenters. The van der Waals surface area contributed by atoms with Gasteiger partial charge in [-0.2, -0.15) is 0 Å². The third-order valence-electron chi connectivity index (χ3n) is 7.26. The van der Waals surface area contributed by atoms with Crippen LogP contribution in [0.4, 0.5) is 0 Å². The van der Waals surface area contributed by atoms with Crippen LogP contribution in [0, 0.1) is 11.8 Å². The Morgan fingerprint density at radius 2 is 1.89 bits per heavy atom. The Labute approximate surface area is 205 Å². The minimum atomic E-state index is -1.66. The molecule has 1 aromatic carbocycles. The number of benzene rings is 1. The van der Waals surface area contributed by atoms with Gasteiger partial charge in [0, 0.05) is 5.92 Å². The SMILES string of the molecule is COc1cc(C(=O)O[C@@H]2[C@H]3C=CO[C@H](O[C@H]4O[C@@H](CO)[C@@H](O)[C@@H](O)[C@H]4O)[C@@H]3[C@@]3(CO)O[C@H]23)ccc1O. The molecule has 0 aromatic heterocycles. The number of carbonyl (C=O) groups is 1. The highest BCUT2D eigenvalue weighted by molar-refractivity contribution is 5.90. The molecular weight excluding hydrogens is 484 g/mol. The first kappa shape index (κ1) is 25.2. The second kappa shape index (κ2) is 9.43. The molecule has 0 radical (unpaired) electrons. The van der Waals surface area contributed by atoms with Gasteiger partial charge in [0.05, 0.1) is 38.1 Å². The lowest BCUT2D eigenvalue weighted by molar-refractivity contribution is -0.344. The van der Waals surface area contributed by atoms with E-state index >= 15 is 0 Å². The second-order valence-electron chi connectivity index (χ2n) is 9.18. The summed E-state index contributed by atoms with van der Waals surface area (Å²) < 4.78 is 33.4. The molecule has 198 valence electrons. The number of esters is 1. The molecule has 0 spiro atoms. The van der Waals surface area contributed by atoms with E-state index in [1.807, 2.05) is 0 Å². The predicted molar refractivity (Wildman–Crippen MR) is 114 cm³/mol. The van der Waals surface area contributed by atoms with Gasteiger partial charge in [-0.05, 0) is 24.3 Å². The van der Waals surface area contributed by atoms with Crippen molar-refractivity contribution in [2.75, 3.05) is 20.3 Å². The van der Waals surface area contributed by atoms with E-state index < -0.39 is 85.8 Å². The number of hydrogen-bond acceptors (Lipinski definition) is 13. The Morgan fingerprint density at radius 3 is 2.58 bits per heavy atom. The molecule has 5 rings (SSSR count). The summed E-state index contributed by atoms with van der Waals surface area (Å²) in [6, 6.07) is 4.02. The summed E-state index contributed by atoms with van der Waals surface area (Å²) in [4.78, 5) is 12.9. The van der Waals surface area contributed by atoms with Gasteiger partial charge in [0.1, 0.15) is 42.2 Å². The van der Waals surface area contributed by atoms with Crippen LogP contribution < -0.4 is 4.74 Å². The van der Waals surface area contributed by atoms with Gasteiger partial charge in [-0.3, -0.25) is 0 Å². The Morgan fingerprint density at radius 1 is 1.11 bits per heavy atom. The first-order valence-electron chi connectivity index (χ1n) is 11.4. The normalized spacial score (nSPS) is 42.7. The van der Waals surface area contributed by atoms with Gasteiger partial charge in [0.25, 0.3) is 0 Å². The summed E-state index contributed by atoms with van der Waals surface area (Å²) >= 11 is 0. The first-order chi connectivity index (χ1) is 17.2. The molecule has 36 heavy (non-hydrogen) atoms. The lowest BCUT2D eigenvalue weighted by Crippen LogP contribution is -2.60. The molecule has 3 aliphatic heterocycles. The van der Waals surface area contributed by atoms with Crippen LogP contribution in [0.3, 0.4) is 0 Å². The molecule has 13 heteroatoms. The smallest absolute Gasteiger partial charge is 0.338 e. The maximum atomic E-state index is 12.9. The standard InChI is InChI=1S/C23H28O13/c1-31-12-6-9(2-3-11(12)26)20(30)34-18-10-4-5-32-21(14(10)23(8-25)19(18)36-23)35-22-17(29)16(28)15(27)13(7-24)33-22/h2-6,10,13-19,21-22,24-29H,7-8H2,1H3/t10-,13-,14+,15+,16+,17+,18+,19+,21+,22+,23+/m0/s1. The molecule has 13 nitrogen and oxygen atoms in total. The number of aromatic hydroxyl groups is 1. The van der Waals surface area contributed by atoms with E-state index in [2.05, 4.69) is 0 Å². The molecule has 3 fully saturated rings. The second-order valence-corrected chi connectivity index (χ2v) is 9.18. The van der Waals surface area contributed by atoms with Crippen LogP contribution in [0.1, 0.15) is 10.4 Å². The fourth-order valence-electron chi connectivity index (χ4n) is 5.28. The summed E-state index contributed by atoms with van der Waals surface area (Å²) in [5, 5.41) is 59.8. The zero-order valence-electron chi connectivity index (χ0n) is 19.1. The molecule has 1 aliphatic carbocycles. The van der Waals surface area contributed by atoms with Crippen molar-refractivity contribution in [1.29, 1.82) is 0 Å². The monoisotopic (exact) mass is 512 g/mol. The summed E-state index contributed by atoms with van der Waals surface area (Å²) in [7, 11) is 1.35. The Balaban J connectivity index is 1.35. The number of fused-ring (bicyclic) bond motifs is 3. The van der Waals surface area contributed by atoms with Crippen molar-refractivity contribution in [2.24, 2.45) is 11.8 Å². The number of aliphatic hydroxyl groups excluding tert-OH is 5. The van der Waals surface area contributed by atoms with Crippen LogP contribution in [-0.2, 0) is 23.7 Å². The topological polar surface area (TPSA) is 197 Å². The van der Waals surface area contributed by atoms with E-state index in [1.54, 1.807) is 6.08 Å². The zero-order chi connectivity index (χ0) is 25.8. The van der Waals surface area contributed by atoms with Crippen molar-refractivity contribution in [3.05, 3.63) is 36.1 Å². The van der Waals surface area contributed by atoms with Crippen LogP contribution in [0.2, 0.25) is 0 Å². The Bertz CT molecular complexity index is 1010. The van der Waals surface area contributed by atoms with Gasteiger partial charge < -0.3 is 59.1 Å². The van der Waals surface area contributed by atoms with Crippen LogP contribution in [0.5, 0.6) is 11.5 Å². The van der Waals surface area contributed by atoms with Crippen LogP contribution in [-0.4, -0.2) is 112 Å². The van der Waals surface area contributed by atoms with Crippen molar-refractivity contribution in [3.63, 3.8) is 0 Å². The number of epoxide rings is 1. The van der Waals surface area contributed by atoms with Crippen LogP contribution in [0.15, 0.2) is 30.5 Å². The van der Waals surface area contributed by atoms with E-state index in [0.29, 0.717) is 0 Å². The number of aliphatic hydroxyl groups is 5. The Hall–Kier alpha value is -2.49. The third kappa shape index (κ3) is 3.92. The van der Waals surface area contributed by atoms with E-state index in [4.69, 9.17) is 28.4 Å². The summed E-state index contributed by atoms with van der Waals surface area (Å²) in [6.45, 7) is -1.07. The van der Waals surface area contributed by atoms with E-state index in [0.717, 1.165) is 0 Å². The van der Waals surface area contributed by atoms with Crippen LogP contribution >= 0.6 is 0 Å². The largest absolute Gasteiger partial charge is 0.504 e. The summed E-state index contributed by atoms with van der Waals surface area (Å²) in [5.74, 6) is -1.95. The third-order valence-corrected chi connectivity index (χ3v) is 7.26. The van der Waals surface area contributed by atoms with Crippen molar-refractivity contribution >= 4 is 5.97 Å². The van der Waals surface area contributed by atoms with Gasteiger partial charge >= 0.3 is 5.97 Å². The quantitative estimate of drug-likeness (QED) is 0.173. The summed E-state index contributed by atoms with van der Waals surface area (Å²) in [6.07, 6.45) is -7.19. The molecule has 11 atom stereocenters. The first-order valence-corrected chi connectivity index (χ1v) is 11.4. The minimum absolute atomic E-state index is 0.0973. The fourth-order valence-corrected chi connectivity index (χ4v) is 5.28. The Kier molecular flexibility index (Phi) is 6.59. The molecule has 1 aromatic rings. The molecular formula is C23H28O13. The number of ether oxygens (including phenoxy) is 6. The highest BCUT2D eigenvalue weighted by Crippen LogP contribution is 2.60. The molecule has 2 saturated heterocycles. The van der Waals surface area contributed by atoms with Gasteiger partial charge in [-0.15, -0.1) is 0 Å². The lowest BCUT2D eigenvalue weighted by atomic mass is 9.85. The lowest BCUT2D eigenvalue weighted by Gasteiger charge is -2.43. The van der Waals surface area contributed by atoms with E-state index in [1.165, 1.54) is 31.6 Å². The van der Waals surface area contributed by atoms with Gasteiger partial charge in [-0.1, -0.05) is 0 Å². The highest BCUT2D eigenvalue weighted by atomic mass is 16.8. The number of carbonyl (C=O) groups excluding carboxylic acids is 1. The molecule has 6 N–H and O–H groups in total. The summed E-state index contributed by atoms with van der Waals surface area (Å²) in [5.41, 5.74) is -1.03. The van der Waals surface area contributed by atoms with Crippen molar-refractivity contribution in [3.8, 4) is 11.5 Å². The van der Waals surface area contributed by atoms with Crippen LogP contribution in [0.25, 0.3) is 0 Å². The fraction of sp³-hybridized carbons (Fsp3) is 0.609. The van der Waals surface area contributed by atoms with Crippen molar-refractivity contribution in [1.82, 2.24) is 0 Å². The van der Waals surface area contributed by atoms with Gasteiger partial charge in [0.15, 0.2) is 17.8 Å². The molecule has 1 saturated carbocycles. The number of rotatable bonds is 7.